The van der Waals surface area contributed by atoms with Gasteiger partial charge < -0.3 is 20.4 Å². The van der Waals surface area contributed by atoms with Crippen molar-refractivity contribution in [2.45, 2.75) is 38.5 Å². The highest BCUT2D eigenvalue weighted by Gasteiger charge is 2.20. The Balaban J connectivity index is 1.66. The topological polar surface area (TPSA) is 71.1 Å². The summed E-state index contributed by atoms with van der Waals surface area (Å²) in [5.41, 5.74) is 13.2. The highest BCUT2D eigenvalue weighted by Crippen LogP contribution is 2.38. The van der Waals surface area contributed by atoms with Gasteiger partial charge in [0, 0.05) is 22.7 Å². The molecule has 0 amide bonds. The van der Waals surface area contributed by atoms with E-state index < -0.39 is 0 Å². The minimum absolute atomic E-state index is 0.426. The highest BCUT2D eigenvalue weighted by atomic mass is 15.0. The maximum atomic E-state index is 5.86. The van der Waals surface area contributed by atoms with Crippen LogP contribution in [0.5, 0.6) is 0 Å². The number of pyridine rings is 1. The van der Waals surface area contributed by atoms with Gasteiger partial charge in [-0.15, -0.1) is 0 Å². The molecule has 4 heterocycles. The zero-order valence-electron chi connectivity index (χ0n) is 16.5. The maximum absolute atomic E-state index is 5.86. The van der Waals surface area contributed by atoms with E-state index in [0.717, 1.165) is 24.3 Å². The Morgan fingerprint density at radius 3 is 2.71 bits per heavy atom. The normalized spacial score (nSPS) is 15.8. The van der Waals surface area contributed by atoms with Gasteiger partial charge >= 0.3 is 0 Å². The molecule has 0 unspecified atom stereocenters. The van der Waals surface area contributed by atoms with E-state index in [1.807, 2.05) is 16.7 Å². The number of anilines is 1. The number of hydrogen-bond acceptors (Lipinski definition) is 3. The van der Waals surface area contributed by atoms with Crippen LogP contribution in [0.15, 0.2) is 42.7 Å². The quantitative estimate of drug-likeness (QED) is 0.489. The summed E-state index contributed by atoms with van der Waals surface area (Å²) in [7, 11) is 0. The lowest BCUT2D eigenvalue weighted by atomic mass is 9.88. The van der Waals surface area contributed by atoms with Crippen LogP contribution in [-0.2, 0) is 0 Å². The molecule has 0 spiro atoms. The zero-order chi connectivity index (χ0) is 19.3. The van der Waals surface area contributed by atoms with Crippen LogP contribution >= 0.6 is 0 Å². The minimum atomic E-state index is 0.426. The molecule has 1 aliphatic heterocycles. The van der Waals surface area contributed by atoms with Crippen molar-refractivity contribution in [3.63, 3.8) is 0 Å². The summed E-state index contributed by atoms with van der Waals surface area (Å²) in [6.07, 6.45) is 6.42. The third-order valence-electron chi connectivity index (χ3n) is 6.01. The molecule has 28 heavy (non-hydrogen) atoms. The Labute approximate surface area is 165 Å². The van der Waals surface area contributed by atoms with Gasteiger partial charge in [-0.2, -0.15) is 0 Å². The van der Waals surface area contributed by atoms with Crippen molar-refractivity contribution in [3.8, 4) is 11.3 Å². The number of nitrogens with one attached hydrogen (secondary N) is 2. The number of fused-ring (bicyclic) bond motifs is 2. The number of piperidine rings is 1. The number of nitrogens with zero attached hydrogens (tertiary/aromatic N) is 2. The lowest BCUT2D eigenvalue weighted by Crippen LogP contribution is -2.26. The molecule has 0 bridgehead atoms. The number of rotatable bonds is 3. The molecule has 4 aromatic rings. The van der Waals surface area contributed by atoms with Crippen LogP contribution in [0, 0.1) is 0 Å². The van der Waals surface area contributed by atoms with Crippen molar-refractivity contribution in [3.05, 3.63) is 53.9 Å². The smallest absolute Gasteiger partial charge is 0.142 e. The maximum Gasteiger partial charge on any atom is 0.142 e. The SMILES string of the molecule is CC(C)c1c(-c2ccc3nc(N)cn3c2)[nH]c2ccc(C3CCNCC3)cc12. The predicted molar refractivity (Wildman–Crippen MR) is 116 cm³/mol. The molecule has 5 heteroatoms. The summed E-state index contributed by atoms with van der Waals surface area (Å²) in [5, 5.41) is 4.82. The standard InChI is InChI=1S/C23H27N5/c1-14(2)22-18-11-16(15-7-9-25-10-8-15)3-5-19(18)26-23(22)17-4-6-21-27-20(24)13-28(21)12-17/h3-6,11-15,25-26H,7-10,24H2,1-2H3. The summed E-state index contributed by atoms with van der Waals surface area (Å²) >= 11 is 0. The number of H-pyrrole nitrogens is 1. The Morgan fingerprint density at radius 2 is 1.93 bits per heavy atom. The van der Waals surface area contributed by atoms with Crippen LogP contribution < -0.4 is 11.1 Å². The number of hydrogen-bond donors (Lipinski definition) is 3. The van der Waals surface area contributed by atoms with Gasteiger partial charge in [0.25, 0.3) is 0 Å². The predicted octanol–water partition coefficient (Wildman–Crippen LogP) is 4.66. The van der Waals surface area contributed by atoms with E-state index in [0.29, 0.717) is 17.7 Å². The first kappa shape index (κ1) is 17.3. The first-order chi connectivity index (χ1) is 13.6. The molecule has 1 fully saturated rings. The summed E-state index contributed by atoms with van der Waals surface area (Å²) in [4.78, 5) is 8.02. The molecular weight excluding hydrogens is 346 g/mol. The van der Waals surface area contributed by atoms with Crippen molar-refractivity contribution in [1.29, 1.82) is 0 Å². The Morgan fingerprint density at radius 1 is 1.11 bits per heavy atom. The van der Waals surface area contributed by atoms with E-state index in [2.05, 4.69) is 59.6 Å². The molecule has 1 aromatic carbocycles. The average molecular weight is 374 g/mol. The van der Waals surface area contributed by atoms with E-state index in [9.17, 15) is 0 Å². The molecule has 3 aromatic heterocycles. The summed E-state index contributed by atoms with van der Waals surface area (Å²) in [5.74, 6) is 1.63. The van der Waals surface area contributed by atoms with Gasteiger partial charge in [-0.3, -0.25) is 0 Å². The number of nitrogens with two attached hydrogens (primary N) is 1. The van der Waals surface area contributed by atoms with Crippen LogP contribution in [0.25, 0.3) is 27.8 Å². The number of imidazole rings is 1. The molecule has 0 radical (unpaired) electrons. The van der Waals surface area contributed by atoms with E-state index in [4.69, 9.17) is 5.73 Å². The molecule has 1 aliphatic rings. The third kappa shape index (κ3) is 2.87. The first-order valence-corrected chi connectivity index (χ1v) is 10.2. The van der Waals surface area contributed by atoms with Gasteiger partial charge in [-0.1, -0.05) is 19.9 Å². The lowest BCUT2D eigenvalue weighted by molar-refractivity contribution is 0.460. The van der Waals surface area contributed by atoms with Gasteiger partial charge in [-0.25, -0.2) is 4.98 Å². The van der Waals surface area contributed by atoms with E-state index in [1.54, 1.807) is 0 Å². The van der Waals surface area contributed by atoms with E-state index >= 15 is 0 Å². The fourth-order valence-electron chi connectivity index (χ4n) is 4.63. The Hall–Kier alpha value is -2.79. The Bertz CT molecular complexity index is 1140. The van der Waals surface area contributed by atoms with Gasteiger partial charge in [0.15, 0.2) is 0 Å². The zero-order valence-corrected chi connectivity index (χ0v) is 16.5. The van der Waals surface area contributed by atoms with Crippen molar-refractivity contribution < 1.29 is 0 Å². The van der Waals surface area contributed by atoms with Crippen LogP contribution in [0.3, 0.4) is 0 Å². The fraction of sp³-hybridized carbons (Fsp3) is 0.348. The second-order valence-electron chi connectivity index (χ2n) is 8.25. The van der Waals surface area contributed by atoms with E-state index in [-0.39, 0.29) is 0 Å². The van der Waals surface area contributed by atoms with Crippen LogP contribution in [0.4, 0.5) is 5.82 Å². The molecule has 4 N–H and O–H groups in total. The molecule has 1 saturated heterocycles. The van der Waals surface area contributed by atoms with E-state index in [1.165, 1.54) is 40.6 Å². The largest absolute Gasteiger partial charge is 0.382 e. The third-order valence-corrected chi connectivity index (χ3v) is 6.01. The molecule has 0 aliphatic carbocycles. The summed E-state index contributed by atoms with van der Waals surface area (Å²) in [6, 6.07) is 11.2. The lowest BCUT2D eigenvalue weighted by Gasteiger charge is -2.23. The van der Waals surface area contributed by atoms with Gasteiger partial charge in [-0.05, 0) is 73.2 Å². The molecule has 144 valence electrons. The second-order valence-corrected chi connectivity index (χ2v) is 8.25. The summed E-state index contributed by atoms with van der Waals surface area (Å²) < 4.78 is 2.00. The molecular formula is C23H27N5. The van der Waals surface area contributed by atoms with Crippen molar-refractivity contribution in [2.75, 3.05) is 18.8 Å². The van der Waals surface area contributed by atoms with Crippen molar-refractivity contribution in [2.24, 2.45) is 0 Å². The number of benzene rings is 1. The number of aromatic nitrogens is 3. The monoisotopic (exact) mass is 373 g/mol. The molecule has 5 nitrogen and oxygen atoms in total. The molecule has 0 atom stereocenters. The van der Waals surface area contributed by atoms with Gasteiger partial charge in [0.05, 0.1) is 11.9 Å². The molecule has 5 rings (SSSR count). The van der Waals surface area contributed by atoms with Crippen LogP contribution in [-0.4, -0.2) is 27.5 Å². The van der Waals surface area contributed by atoms with Crippen molar-refractivity contribution in [1.82, 2.24) is 19.7 Å². The van der Waals surface area contributed by atoms with Crippen molar-refractivity contribution >= 4 is 22.4 Å². The number of nitrogen functional groups attached to an aromatic ring is 1. The highest BCUT2D eigenvalue weighted by molar-refractivity contribution is 5.92. The minimum Gasteiger partial charge on any atom is -0.382 e. The average Bonchev–Trinajstić information content (AvgIpc) is 3.26. The van der Waals surface area contributed by atoms with Crippen LogP contribution in [0.2, 0.25) is 0 Å². The second kappa shape index (κ2) is 6.67. The fourth-order valence-corrected chi connectivity index (χ4v) is 4.63. The number of aromatic amines is 1. The molecule has 0 saturated carbocycles. The van der Waals surface area contributed by atoms with Crippen LogP contribution in [0.1, 0.15) is 49.7 Å². The summed E-state index contributed by atoms with van der Waals surface area (Å²) in [6.45, 7) is 6.78. The Kier molecular flexibility index (Phi) is 4.13. The first-order valence-electron chi connectivity index (χ1n) is 10.2. The van der Waals surface area contributed by atoms with Gasteiger partial charge in [0.2, 0.25) is 0 Å². The van der Waals surface area contributed by atoms with Gasteiger partial charge in [0.1, 0.15) is 11.5 Å².